The van der Waals surface area contributed by atoms with Crippen LogP contribution in [0.5, 0.6) is 0 Å². The number of rotatable bonds is 2. The highest BCUT2D eigenvalue weighted by atomic mass is 15.1. The molecule has 2 aromatic carbocycles. The Morgan fingerprint density at radius 3 is 2.79 bits per heavy atom. The summed E-state index contributed by atoms with van der Waals surface area (Å²) >= 11 is 0. The molecule has 0 saturated heterocycles. The number of aliphatic imine (C=N–C) groups is 1. The lowest BCUT2D eigenvalue weighted by Crippen LogP contribution is -2.22. The normalized spacial score (nSPS) is 13.0. The molecule has 0 atom stereocenters. The average molecular weight is 251 g/mol. The van der Waals surface area contributed by atoms with Crippen molar-refractivity contribution >= 4 is 11.6 Å². The summed E-state index contributed by atoms with van der Waals surface area (Å²) < 4.78 is 0. The lowest BCUT2D eigenvalue weighted by atomic mass is 10.1. The van der Waals surface area contributed by atoms with Gasteiger partial charge in [0.05, 0.1) is 0 Å². The van der Waals surface area contributed by atoms with Gasteiger partial charge in [-0.25, -0.2) is 0 Å². The van der Waals surface area contributed by atoms with Crippen LogP contribution in [0.1, 0.15) is 18.1 Å². The van der Waals surface area contributed by atoms with Crippen LogP contribution >= 0.6 is 0 Å². The highest BCUT2D eigenvalue weighted by Crippen LogP contribution is 2.37. The average Bonchev–Trinajstić information content (AvgIpc) is 2.76. The summed E-state index contributed by atoms with van der Waals surface area (Å²) in [5.74, 6) is 0.470. The van der Waals surface area contributed by atoms with Gasteiger partial charge in [-0.1, -0.05) is 30.3 Å². The van der Waals surface area contributed by atoms with Crippen molar-refractivity contribution in [1.82, 2.24) is 0 Å². The van der Waals surface area contributed by atoms with Crippen molar-refractivity contribution in [2.45, 2.75) is 13.3 Å². The molecule has 3 nitrogen and oxygen atoms in total. The molecule has 0 saturated carbocycles. The standard InChI is InChI=1S/C16H17N3/c1-2-18-16(17)19-13-7-8-15-12(10-13)9-11-5-3-4-6-14(11)15/h3-8,10H,2,9H2,1H3,(H3,17,18,19). The number of fused-ring (bicyclic) bond motifs is 3. The summed E-state index contributed by atoms with van der Waals surface area (Å²) in [5.41, 5.74) is 12.2. The van der Waals surface area contributed by atoms with Crippen LogP contribution in [0.15, 0.2) is 47.5 Å². The van der Waals surface area contributed by atoms with E-state index in [-0.39, 0.29) is 0 Å². The molecule has 0 radical (unpaired) electrons. The molecular weight excluding hydrogens is 234 g/mol. The molecule has 1 aliphatic carbocycles. The van der Waals surface area contributed by atoms with Gasteiger partial charge < -0.3 is 11.1 Å². The van der Waals surface area contributed by atoms with Gasteiger partial charge in [0.2, 0.25) is 0 Å². The van der Waals surface area contributed by atoms with E-state index >= 15 is 0 Å². The van der Waals surface area contributed by atoms with Crippen molar-refractivity contribution in [3.05, 3.63) is 53.6 Å². The van der Waals surface area contributed by atoms with Crippen LogP contribution in [0.4, 0.5) is 5.69 Å². The van der Waals surface area contributed by atoms with Crippen molar-refractivity contribution in [1.29, 1.82) is 0 Å². The molecule has 0 amide bonds. The monoisotopic (exact) mass is 251 g/mol. The van der Waals surface area contributed by atoms with E-state index < -0.39 is 0 Å². The highest BCUT2D eigenvalue weighted by Gasteiger charge is 2.17. The fourth-order valence-electron chi connectivity index (χ4n) is 2.58. The van der Waals surface area contributed by atoms with Gasteiger partial charge in [0.1, 0.15) is 0 Å². The predicted octanol–water partition coefficient (Wildman–Crippen LogP) is 3.00. The first kappa shape index (κ1) is 11.8. The van der Waals surface area contributed by atoms with Gasteiger partial charge in [0, 0.05) is 12.2 Å². The van der Waals surface area contributed by atoms with Gasteiger partial charge in [0.25, 0.3) is 0 Å². The Labute approximate surface area is 113 Å². The van der Waals surface area contributed by atoms with E-state index in [9.17, 15) is 0 Å². The topological polar surface area (TPSA) is 50.4 Å². The molecule has 0 heterocycles. The minimum atomic E-state index is 0.470. The number of nitrogens with zero attached hydrogens (tertiary/aromatic N) is 1. The lowest BCUT2D eigenvalue weighted by molar-refractivity contribution is 1.12. The van der Waals surface area contributed by atoms with E-state index in [4.69, 9.17) is 5.73 Å². The Bertz CT molecular complexity index is 644. The van der Waals surface area contributed by atoms with E-state index in [0.29, 0.717) is 12.5 Å². The number of hydrogen-bond donors (Lipinski definition) is 2. The van der Waals surface area contributed by atoms with Crippen LogP contribution in [0.25, 0.3) is 11.1 Å². The first-order chi connectivity index (χ1) is 9.28. The predicted molar refractivity (Wildman–Crippen MR) is 80.5 cm³/mol. The molecule has 2 aromatic rings. The molecule has 0 spiro atoms. The van der Waals surface area contributed by atoms with Crippen LogP contribution < -0.4 is 11.1 Å². The number of guanidine groups is 1. The molecule has 3 rings (SSSR count). The second-order valence-electron chi connectivity index (χ2n) is 4.69. The maximum atomic E-state index is 5.78. The largest absolute Gasteiger partial charge is 0.370 e. The minimum absolute atomic E-state index is 0.470. The van der Waals surface area contributed by atoms with Gasteiger partial charge >= 0.3 is 0 Å². The molecule has 0 aliphatic heterocycles. The number of nitrogens with one attached hydrogen (secondary N) is 1. The third-order valence-corrected chi connectivity index (χ3v) is 3.39. The van der Waals surface area contributed by atoms with E-state index in [1.54, 1.807) is 0 Å². The number of hydrogen-bond acceptors (Lipinski definition) is 1. The summed E-state index contributed by atoms with van der Waals surface area (Å²) in [4.78, 5) is 4.14. The van der Waals surface area contributed by atoms with Crippen molar-refractivity contribution in [3.63, 3.8) is 0 Å². The summed E-state index contributed by atoms with van der Waals surface area (Å²) in [6.07, 6.45) is 0.992. The smallest absolute Gasteiger partial charge is 0.193 e. The molecule has 0 aromatic heterocycles. The Morgan fingerprint density at radius 1 is 1.16 bits per heavy atom. The fraction of sp³-hybridized carbons (Fsp3) is 0.188. The second kappa shape index (κ2) is 4.76. The molecule has 0 unspecified atom stereocenters. The molecule has 3 N–H and O–H groups in total. The molecule has 1 aliphatic rings. The molecule has 0 bridgehead atoms. The van der Waals surface area contributed by atoms with Crippen LogP contribution in [0, 0.1) is 0 Å². The zero-order chi connectivity index (χ0) is 13.2. The zero-order valence-electron chi connectivity index (χ0n) is 11.0. The molecule has 19 heavy (non-hydrogen) atoms. The summed E-state index contributed by atoms with van der Waals surface area (Å²) in [6, 6.07) is 14.9. The van der Waals surface area contributed by atoms with Crippen molar-refractivity contribution in [3.8, 4) is 11.1 Å². The number of benzene rings is 2. The van der Waals surface area contributed by atoms with E-state index in [0.717, 1.165) is 12.1 Å². The van der Waals surface area contributed by atoms with Crippen molar-refractivity contribution in [2.24, 2.45) is 10.7 Å². The first-order valence-corrected chi connectivity index (χ1v) is 6.56. The maximum Gasteiger partial charge on any atom is 0.193 e. The van der Waals surface area contributed by atoms with Crippen molar-refractivity contribution < 1.29 is 0 Å². The Balaban J connectivity index is 1.91. The molecular formula is C16H17N3. The molecule has 96 valence electrons. The minimum Gasteiger partial charge on any atom is -0.370 e. The fourth-order valence-corrected chi connectivity index (χ4v) is 2.58. The van der Waals surface area contributed by atoms with Gasteiger partial charge in [-0.3, -0.25) is 4.99 Å². The number of nitrogens with two attached hydrogens (primary N) is 1. The van der Waals surface area contributed by atoms with Crippen LogP contribution in [-0.2, 0) is 6.42 Å². The highest BCUT2D eigenvalue weighted by molar-refractivity contribution is 5.93. The summed E-state index contributed by atoms with van der Waals surface area (Å²) in [6.45, 7) is 2.66. The Morgan fingerprint density at radius 2 is 1.95 bits per heavy atom. The zero-order valence-corrected chi connectivity index (χ0v) is 11.0. The quantitative estimate of drug-likeness (QED) is 0.543. The van der Waals surface area contributed by atoms with E-state index in [1.807, 2.05) is 6.92 Å². The Hall–Kier alpha value is -2.29. The molecule has 0 fully saturated rings. The van der Waals surface area contributed by atoms with Crippen LogP contribution in [0.2, 0.25) is 0 Å². The van der Waals surface area contributed by atoms with E-state index in [2.05, 4.69) is 52.8 Å². The second-order valence-corrected chi connectivity index (χ2v) is 4.69. The Kier molecular flexibility index (Phi) is 2.95. The van der Waals surface area contributed by atoms with E-state index in [1.165, 1.54) is 22.3 Å². The third kappa shape index (κ3) is 2.19. The lowest BCUT2D eigenvalue weighted by Gasteiger charge is -2.07. The summed E-state index contributed by atoms with van der Waals surface area (Å²) in [5, 5.41) is 3.13. The van der Waals surface area contributed by atoms with Gasteiger partial charge in [-0.15, -0.1) is 0 Å². The summed E-state index contributed by atoms with van der Waals surface area (Å²) in [7, 11) is 0. The first-order valence-electron chi connectivity index (χ1n) is 6.56. The van der Waals surface area contributed by atoms with Crippen LogP contribution in [-0.4, -0.2) is 12.5 Å². The maximum absolute atomic E-state index is 5.78. The van der Waals surface area contributed by atoms with Crippen LogP contribution in [0.3, 0.4) is 0 Å². The van der Waals surface area contributed by atoms with Gasteiger partial charge in [0.15, 0.2) is 5.96 Å². The number of anilines is 1. The third-order valence-electron chi connectivity index (χ3n) is 3.39. The SMILES string of the molecule is CCN=C(N)Nc1ccc2c(c1)Cc1ccccc1-2. The van der Waals surface area contributed by atoms with Gasteiger partial charge in [-0.2, -0.15) is 0 Å². The molecule has 3 heteroatoms. The van der Waals surface area contributed by atoms with Gasteiger partial charge in [-0.05, 0) is 47.7 Å². The van der Waals surface area contributed by atoms with Crippen molar-refractivity contribution in [2.75, 3.05) is 11.9 Å².